The Hall–Kier alpha value is -2.63. The molecule has 2 aliphatic rings. The van der Waals surface area contributed by atoms with E-state index in [1.54, 1.807) is 25.4 Å². The number of primary amides is 2. The number of aromatic nitrogens is 1. The second kappa shape index (κ2) is 4.98. The van der Waals surface area contributed by atoms with Crippen molar-refractivity contribution < 1.29 is 14.3 Å². The molecule has 0 saturated carbocycles. The lowest BCUT2D eigenvalue weighted by molar-refractivity contribution is -0.126. The van der Waals surface area contributed by atoms with E-state index in [9.17, 15) is 9.59 Å². The van der Waals surface area contributed by atoms with Gasteiger partial charge in [0.2, 0.25) is 11.8 Å². The van der Waals surface area contributed by atoms with Crippen LogP contribution in [0.1, 0.15) is 24.8 Å². The Bertz CT molecular complexity index is 709. The van der Waals surface area contributed by atoms with Crippen LogP contribution in [0, 0.1) is 5.41 Å². The third kappa shape index (κ3) is 2.07. The van der Waals surface area contributed by atoms with Gasteiger partial charge in [0.15, 0.2) is 0 Å². The highest BCUT2D eigenvalue weighted by molar-refractivity contribution is 5.96. The topological polar surface area (TPSA) is 108 Å². The normalized spacial score (nSPS) is 27.0. The van der Waals surface area contributed by atoms with Crippen molar-refractivity contribution in [2.75, 3.05) is 6.61 Å². The Kier molecular flexibility index (Phi) is 3.24. The molecule has 0 radical (unpaired) electrons. The van der Waals surface area contributed by atoms with Crippen molar-refractivity contribution >= 4 is 11.8 Å². The van der Waals surface area contributed by atoms with Crippen molar-refractivity contribution in [1.29, 1.82) is 0 Å². The first kappa shape index (κ1) is 14.3. The molecule has 1 aromatic heterocycles. The summed E-state index contributed by atoms with van der Waals surface area (Å²) in [7, 11) is 0. The molecule has 6 heteroatoms. The van der Waals surface area contributed by atoms with Crippen LogP contribution in [-0.4, -0.2) is 23.4 Å². The van der Waals surface area contributed by atoms with Crippen LogP contribution in [0.3, 0.4) is 0 Å². The molecule has 2 heterocycles. The molecule has 1 aliphatic carbocycles. The Labute approximate surface area is 127 Å². The molecule has 3 rings (SSSR count). The lowest BCUT2D eigenvalue weighted by Crippen LogP contribution is -2.40. The summed E-state index contributed by atoms with van der Waals surface area (Å²) in [6, 6.07) is 3.77. The monoisotopic (exact) mass is 299 g/mol. The number of allylic oxidation sites excluding steroid dienone is 1. The lowest BCUT2D eigenvalue weighted by atomic mass is 9.73. The van der Waals surface area contributed by atoms with Crippen molar-refractivity contribution in [1.82, 2.24) is 4.98 Å². The Balaban J connectivity index is 2.12. The number of pyridine rings is 1. The van der Waals surface area contributed by atoms with Crippen LogP contribution in [0.4, 0.5) is 0 Å². The van der Waals surface area contributed by atoms with Gasteiger partial charge in [-0.3, -0.25) is 14.6 Å². The van der Waals surface area contributed by atoms with Crippen LogP contribution >= 0.6 is 0 Å². The van der Waals surface area contributed by atoms with Gasteiger partial charge in [-0.15, -0.1) is 0 Å². The van der Waals surface area contributed by atoms with E-state index in [1.165, 1.54) is 0 Å². The predicted octanol–water partition coefficient (Wildman–Crippen LogP) is 0.756. The highest BCUT2D eigenvalue weighted by Gasteiger charge is 2.47. The molecule has 6 nitrogen and oxygen atoms in total. The van der Waals surface area contributed by atoms with Crippen LogP contribution in [0.2, 0.25) is 0 Å². The summed E-state index contributed by atoms with van der Waals surface area (Å²) in [5.41, 5.74) is 12.1. The molecular formula is C16H17N3O3. The average Bonchev–Trinajstić information content (AvgIpc) is 2.92. The van der Waals surface area contributed by atoms with Gasteiger partial charge in [-0.2, -0.15) is 0 Å². The zero-order chi connectivity index (χ0) is 15.9. The average molecular weight is 299 g/mol. The van der Waals surface area contributed by atoms with Gasteiger partial charge in [0.05, 0.1) is 6.61 Å². The van der Waals surface area contributed by atoms with Gasteiger partial charge in [0.25, 0.3) is 0 Å². The molecule has 0 saturated heterocycles. The van der Waals surface area contributed by atoms with Crippen molar-refractivity contribution in [3.8, 4) is 0 Å². The molecule has 2 unspecified atom stereocenters. The van der Waals surface area contributed by atoms with E-state index >= 15 is 0 Å². The first-order valence-corrected chi connectivity index (χ1v) is 7.01. The lowest BCUT2D eigenvalue weighted by Gasteiger charge is -2.31. The number of nitrogens with zero attached hydrogens (tertiary/aromatic N) is 1. The molecule has 0 spiro atoms. The summed E-state index contributed by atoms with van der Waals surface area (Å²) in [6.45, 7) is 2.08. The fraction of sp³-hybridized carbons (Fsp3) is 0.312. The SMILES string of the molecule is CC1(C(N)=O)CC(C(N)=O)=CC2=C1OCC2c1cccnc1. The molecule has 2 amide bonds. The number of amides is 2. The van der Waals surface area contributed by atoms with Crippen molar-refractivity contribution in [3.05, 3.63) is 53.1 Å². The molecule has 0 fully saturated rings. The second-order valence-corrected chi connectivity index (χ2v) is 5.84. The standard InChI is InChI=1S/C16H17N3O3/c1-16(15(18)21)6-10(14(17)20)5-11-12(8-22-13(11)16)9-3-2-4-19-7-9/h2-5,7,12H,6,8H2,1H3,(H2,17,20)(H2,18,21). The fourth-order valence-electron chi connectivity index (χ4n) is 3.06. The van der Waals surface area contributed by atoms with E-state index in [2.05, 4.69) is 4.98 Å². The number of carbonyl (C=O) groups excluding carboxylic acids is 2. The van der Waals surface area contributed by atoms with Crippen LogP contribution in [0.25, 0.3) is 0 Å². The molecule has 1 aromatic rings. The quantitative estimate of drug-likeness (QED) is 0.858. The zero-order valence-corrected chi connectivity index (χ0v) is 12.2. The molecule has 114 valence electrons. The molecule has 22 heavy (non-hydrogen) atoms. The highest BCUT2D eigenvalue weighted by Crippen LogP contribution is 2.48. The molecule has 4 N–H and O–H groups in total. The Morgan fingerprint density at radius 3 is 2.77 bits per heavy atom. The maximum absolute atomic E-state index is 11.9. The summed E-state index contributed by atoms with van der Waals surface area (Å²) >= 11 is 0. The van der Waals surface area contributed by atoms with E-state index in [-0.39, 0.29) is 12.3 Å². The van der Waals surface area contributed by atoms with Gasteiger partial charge in [-0.05, 0) is 31.1 Å². The predicted molar refractivity (Wildman–Crippen MR) is 79.2 cm³/mol. The van der Waals surface area contributed by atoms with Crippen LogP contribution in [0.5, 0.6) is 0 Å². The van der Waals surface area contributed by atoms with E-state index in [0.29, 0.717) is 17.9 Å². The summed E-state index contributed by atoms with van der Waals surface area (Å²) in [5.74, 6) is -0.620. The minimum absolute atomic E-state index is 0.0861. The fourth-order valence-corrected chi connectivity index (χ4v) is 3.06. The molecule has 2 atom stereocenters. The van der Waals surface area contributed by atoms with Crippen LogP contribution in [-0.2, 0) is 14.3 Å². The van der Waals surface area contributed by atoms with E-state index in [4.69, 9.17) is 16.2 Å². The summed E-state index contributed by atoms with van der Waals surface area (Å²) in [4.78, 5) is 27.7. The van der Waals surface area contributed by atoms with E-state index in [0.717, 1.165) is 11.1 Å². The minimum Gasteiger partial charge on any atom is -0.495 e. The maximum atomic E-state index is 11.9. The number of ether oxygens (including phenoxy) is 1. The first-order valence-electron chi connectivity index (χ1n) is 7.01. The van der Waals surface area contributed by atoms with Crippen molar-refractivity contribution in [2.45, 2.75) is 19.3 Å². The summed E-state index contributed by atoms with van der Waals surface area (Å²) in [5, 5.41) is 0. The largest absolute Gasteiger partial charge is 0.495 e. The maximum Gasteiger partial charge on any atom is 0.244 e. The second-order valence-electron chi connectivity index (χ2n) is 5.84. The highest BCUT2D eigenvalue weighted by atomic mass is 16.5. The number of rotatable bonds is 3. The third-order valence-electron chi connectivity index (χ3n) is 4.35. The number of nitrogens with two attached hydrogens (primary N) is 2. The van der Waals surface area contributed by atoms with Gasteiger partial charge in [0.1, 0.15) is 11.2 Å². The number of hydrogen-bond acceptors (Lipinski definition) is 4. The molecular weight excluding hydrogens is 282 g/mol. The summed E-state index contributed by atoms with van der Waals surface area (Å²) in [6.07, 6.45) is 5.33. The smallest absolute Gasteiger partial charge is 0.244 e. The van der Waals surface area contributed by atoms with Crippen molar-refractivity contribution in [3.63, 3.8) is 0 Å². The number of hydrogen-bond donors (Lipinski definition) is 2. The van der Waals surface area contributed by atoms with Gasteiger partial charge in [0, 0.05) is 29.5 Å². The minimum atomic E-state index is -1.05. The van der Waals surface area contributed by atoms with Gasteiger partial charge >= 0.3 is 0 Å². The first-order chi connectivity index (χ1) is 10.4. The van der Waals surface area contributed by atoms with E-state index < -0.39 is 17.2 Å². The van der Waals surface area contributed by atoms with Crippen LogP contribution < -0.4 is 11.5 Å². The Morgan fingerprint density at radius 1 is 1.41 bits per heavy atom. The Morgan fingerprint density at radius 2 is 2.18 bits per heavy atom. The third-order valence-corrected chi connectivity index (χ3v) is 4.35. The number of carbonyl (C=O) groups is 2. The molecule has 0 aromatic carbocycles. The van der Waals surface area contributed by atoms with Gasteiger partial charge in [-0.25, -0.2) is 0 Å². The van der Waals surface area contributed by atoms with Gasteiger partial charge < -0.3 is 16.2 Å². The zero-order valence-electron chi connectivity index (χ0n) is 12.2. The van der Waals surface area contributed by atoms with Crippen LogP contribution in [0.15, 0.2) is 47.5 Å². The molecule has 1 aliphatic heterocycles. The van der Waals surface area contributed by atoms with Gasteiger partial charge in [-0.1, -0.05) is 6.07 Å². The van der Waals surface area contributed by atoms with Crippen molar-refractivity contribution in [2.24, 2.45) is 16.9 Å². The van der Waals surface area contributed by atoms with E-state index in [1.807, 2.05) is 12.1 Å². The summed E-state index contributed by atoms with van der Waals surface area (Å²) < 4.78 is 5.78. The molecule has 0 bridgehead atoms.